The largest absolute Gasteiger partial charge is 0.397 e. The van der Waals surface area contributed by atoms with Crippen LogP contribution in [0, 0.1) is 12.8 Å². The molecular weight excluding hydrogens is 422 g/mol. The minimum atomic E-state index is 0.583. The van der Waals surface area contributed by atoms with Crippen molar-refractivity contribution < 1.29 is 0 Å². The third kappa shape index (κ3) is 5.37. The maximum atomic E-state index is 5.90. The number of fused-ring (bicyclic) bond motifs is 1. The number of anilines is 1. The number of nitrogens with zero attached hydrogens (tertiary/aromatic N) is 4. The molecule has 7 nitrogen and oxygen atoms in total. The summed E-state index contributed by atoms with van der Waals surface area (Å²) in [6.07, 6.45) is 23.2. The molecule has 0 saturated carbocycles. The van der Waals surface area contributed by atoms with Gasteiger partial charge in [-0.25, -0.2) is 4.98 Å². The highest BCUT2D eigenvalue weighted by molar-refractivity contribution is 5.91. The molecule has 0 radical (unpaired) electrons. The molecule has 7 heteroatoms. The molecular formula is C27H27N7. The number of nitrogens with one attached hydrogen (secondary N) is 2. The number of allylic oxidation sites excluding steroid dienone is 4. The second-order valence-corrected chi connectivity index (χ2v) is 7.33. The quantitative estimate of drug-likeness (QED) is 0.282. The molecule has 4 rings (SSSR count). The van der Waals surface area contributed by atoms with Crippen LogP contribution >= 0.6 is 0 Å². The lowest BCUT2D eigenvalue weighted by Crippen LogP contribution is -2.11. The molecule has 0 amide bonds. The van der Waals surface area contributed by atoms with E-state index in [-0.39, 0.29) is 0 Å². The fourth-order valence-electron chi connectivity index (χ4n) is 3.63. The molecule has 0 atom stereocenters. The first-order valence-electron chi connectivity index (χ1n) is 10.6. The molecule has 4 heterocycles. The highest BCUT2D eigenvalue weighted by atomic mass is 14.9. The molecule has 0 aliphatic rings. The van der Waals surface area contributed by atoms with Crippen LogP contribution in [0.15, 0.2) is 85.4 Å². The average Bonchev–Trinajstić information content (AvgIpc) is 3.29. The zero-order chi connectivity index (χ0) is 24.5. The van der Waals surface area contributed by atoms with Crippen molar-refractivity contribution in [2.24, 2.45) is 0 Å². The van der Waals surface area contributed by atoms with Crippen LogP contribution in [0.25, 0.3) is 27.7 Å². The number of pyridine rings is 3. The van der Waals surface area contributed by atoms with Gasteiger partial charge in [0.05, 0.1) is 22.9 Å². The van der Waals surface area contributed by atoms with Crippen LogP contribution in [0.4, 0.5) is 5.69 Å². The number of aromatic amines is 1. The normalized spacial score (nSPS) is 11.5. The maximum absolute atomic E-state index is 5.90. The molecule has 4 aromatic heterocycles. The van der Waals surface area contributed by atoms with E-state index in [1.807, 2.05) is 50.5 Å². The SMILES string of the molecule is C#C.C=C(/C=C(Cc1nc2c(-c3ccncc3)cncc2[nH]1)\C(=C/C)NC)c1cncc(N)c1. The van der Waals surface area contributed by atoms with Crippen molar-refractivity contribution in [3.8, 4) is 24.0 Å². The number of aromatic nitrogens is 5. The van der Waals surface area contributed by atoms with Crippen LogP contribution in [0.3, 0.4) is 0 Å². The number of hydrogen-bond acceptors (Lipinski definition) is 6. The van der Waals surface area contributed by atoms with Crippen molar-refractivity contribution in [2.75, 3.05) is 12.8 Å². The fourth-order valence-corrected chi connectivity index (χ4v) is 3.63. The number of nitrogen functional groups attached to an aromatic ring is 1. The smallest absolute Gasteiger partial charge is 0.111 e. The average molecular weight is 450 g/mol. The highest BCUT2D eigenvalue weighted by Crippen LogP contribution is 2.27. The Bertz CT molecular complexity index is 1360. The van der Waals surface area contributed by atoms with Crippen molar-refractivity contribution in [3.63, 3.8) is 0 Å². The van der Waals surface area contributed by atoms with E-state index in [2.05, 4.69) is 44.7 Å². The van der Waals surface area contributed by atoms with Crippen molar-refractivity contribution >= 4 is 22.3 Å². The van der Waals surface area contributed by atoms with Gasteiger partial charge in [0.2, 0.25) is 0 Å². The van der Waals surface area contributed by atoms with Crippen molar-refractivity contribution in [1.82, 2.24) is 30.2 Å². The summed E-state index contributed by atoms with van der Waals surface area (Å²) >= 11 is 0. The molecule has 0 saturated heterocycles. The third-order valence-corrected chi connectivity index (χ3v) is 5.18. The molecule has 170 valence electrons. The van der Waals surface area contributed by atoms with E-state index >= 15 is 0 Å². The molecule has 0 aliphatic carbocycles. The summed E-state index contributed by atoms with van der Waals surface area (Å²) in [6.45, 7) is 6.22. The Morgan fingerprint density at radius 1 is 1.12 bits per heavy atom. The van der Waals surface area contributed by atoms with Gasteiger partial charge in [-0.15, -0.1) is 12.8 Å². The topological polar surface area (TPSA) is 105 Å². The van der Waals surface area contributed by atoms with Crippen LogP contribution in [0.2, 0.25) is 0 Å². The number of rotatable bonds is 7. The summed E-state index contributed by atoms with van der Waals surface area (Å²) in [5.74, 6) is 0.836. The monoisotopic (exact) mass is 449 g/mol. The predicted octanol–water partition coefficient (Wildman–Crippen LogP) is 4.55. The lowest BCUT2D eigenvalue weighted by Gasteiger charge is -2.12. The Morgan fingerprint density at radius 3 is 2.53 bits per heavy atom. The number of nitrogens with two attached hydrogens (primary N) is 1. The van der Waals surface area contributed by atoms with Gasteiger partial charge in [-0.1, -0.05) is 12.7 Å². The molecule has 0 bridgehead atoms. The van der Waals surface area contributed by atoms with E-state index in [0.29, 0.717) is 12.1 Å². The van der Waals surface area contributed by atoms with Gasteiger partial charge in [-0.05, 0) is 47.9 Å². The molecule has 4 N–H and O–H groups in total. The Labute approximate surface area is 199 Å². The van der Waals surface area contributed by atoms with Gasteiger partial charge in [0.15, 0.2) is 0 Å². The molecule has 4 aromatic rings. The van der Waals surface area contributed by atoms with E-state index < -0.39 is 0 Å². The summed E-state index contributed by atoms with van der Waals surface area (Å²) in [7, 11) is 1.90. The summed E-state index contributed by atoms with van der Waals surface area (Å²) in [6, 6.07) is 5.78. The van der Waals surface area contributed by atoms with Crippen molar-refractivity contribution in [1.29, 1.82) is 0 Å². The number of H-pyrrole nitrogens is 1. The van der Waals surface area contributed by atoms with E-state index in [0.717, 1.165) is 50.4 Å². The molecule has 34 heavy (non-hydrogen) atoms. The van der Waals surface area contributed by atoms with Crippen LogP contribution in [0.5, 0.6) is 0 Å². The lowest BCUT2D eigenvalue weighted by atomic mass is 10.0. The van der Waals surface area contributed by atoms with E-state index in [1.54, 1.807) is 31.0 Å². The number of terminal acetylenes is 1. The van der Waals surface area contributed by atoms with Crippen molar-refractivity contribution in [2.45, 2.75) is 13.3 Å². The van der Waals surface area contributed by atoms with Gasteiger partial charge < -0.3 is 16.0 Å². The zero-order valence-corrected chi connectivity index (χ0v) is 19.3. The molecule has 0 aliphatic heterocycles. The van der Waals surface area contributed by atoms with Crippen LogP contribution in [-0.2, 0) is 6.42 Å². The Balaban J connectivity index is 0.00000158. The molecule has 0 unspecified atom stereocenters. The zero-order valence-electron chi connectivity index (χ0n) is 19.3. The fraction of sp³-hybridized carbons (Fsp3) is 0.111. The molecule has 0 aromatic carbocycles. The van der Waals surface area contributed by atoms with Crippen LogP contribution < -0.4 is 11.1 Å². The number of likely N-dealkylation sites (N-methyl/N-ethyl adjacent to an activating group) is 1. The van der Waals surface area contributed by atoms with Gasteiger partial charge in [-0.3, -0.25) is 15.0 Å². The Morgan fingerprint density at radius 2 is 1.85 bits per heavy atom. The standard InChI is InChI=1S/C25H25N7.C2H2/c1-4-22(27-3)18(9-16(2)19-10-20(26)13-29-12-19)11-24-31-23-15-30-14-21(25(23)32-24)17-5-7-28-8-6-17;1-2/h4-10,12-15,27H,2,11,26H2,1,3H3,(H,31,32);1-2H/b18-9-,22-4+;. The second-order valence-electron chi connectivity index (χ2n) is 7.33. The first-order chi connectivity index (χ1) is 16.6. The first kappa shape index (κ1) is 24.0. The number of hydrogen-bond donors (Lipinski definition) is 3. The summed E-state index contributed by atoms with van der Waals surface area (Å²) < 4.78 is 0. The van der Waals surface area contributed by atoms with Crippen LogP contribution in [0.1, 0.15) is 18.3 Å². The maximum Gasteiger partial charge on any atom is 0.111 e. The van der Waals surface area contributed by atoms with E-state index in [1.165, 1.54) is 0 Å². The Kier molecular flexibility index (Phi) is 7.93. The molecule has 0 spiro atoms. The Hall–Kier alpha value is -4.70. The van der Waals surface area contributed by atoms with Crippen molar-refractivity contribution in [3.05, 3.63) is 96.8 Å². The minimum Gasteiger partial charge on any atom is -0.397 e. The third-order valence-electron chi connectivity index (χ3n) is 5.18. The number of imidazole rings is 1. The molecule has 0 fully saturated rings. The highest BCUT2D eigenvalue weighted by Gasteiger charge is 2.13. The van der Waals surface area contributed by atoms with Gasteiger partial charge >= 0.3 is 0 Å². The summed E-state index contributed by atoms with van der Waals surface area (Å²) in [5.41, 5.74) is 14.0. The predicted molar refractivity (Wildman–Crippen MR) is 139 cm³/mol. The minimum absolute atomic E-state index is 0.583. The first-order valence-corrected chi connectivity index (χ1v) is 10.6. The van der Waals surface area contributed by atoms with E-state index in [9.17, 15) is 0 Å². The summed E-state index contributed by atoms with van der Waals surface area (Å²) in [4.78, 5) is 21.0. The lowest BCUT2D eigenvalue weighted by molar-refractivity contribution is 0.933. The summed E-state index contributed by atoms with van der Waals surface area (Å²) in [5, 5.41) is 3.26. The van der Waals surface area contributed by atoms with Gasteiger partial charge in [-0.2, -0.15) is 0 Å². The van der Waals surface area contributed by atoms with E-state index in [4.69, 9.17) is 10.7 Å². The van der Waals surface area contributed by atoms with Gasteiger partial charge in [0.25, 0.3) is 0 Å². The second kappa shape index (κ2) is 11.2. The van der Waals surface area contributed by atoms with Gasteiger partial charge in [0, 0.05) is 61.3 Å². The van der Waals surface area contributed by atoms with Crippen LogP contribution in [-0.4, -0.2) is 32.0 Å². The van der Waals surface area contributed by atoms with Gasteiger partial charge in [0.1, 0.15) is 5.82 Å².